The minimum atomic E-state index is 0.968. The molecule has 94 valence electrons. The fourth-order valence-electron chi connectivity index (χ4n) is 1.82. The van der Waals surface area contributed by atoms with Crippen LogP contribution in [-0.2, 0) is 6.42 Å². The van der Waals surface area contributed by atoms with E-state index >= 15 is 0 Å². The van der Waals surface area contributed by atoms with E-state index in [0.29, 0.717) is 0 Å². The summed E-state index contributed by atoms with van der Waals surface area (Å²) in [6.07, 6.45) is 2.23. The molecule has 0 unspecified atom stereocenters. The van der Waals surface area contributed by atoms with Crippen molar-refractivity contribution in [2.75, 3.05) is 11.9 Å². The lowest BCUT2D eigenvalue weighted by Crippen LogP contribution is -2.04. The van der Waals surface area contributed by atoms with Crippen molar-refractivity contribution in [2.45, 2.75) is 12.8 Å². The van der Waals surface area contributed by atoms with Crippen LogP contribution >= 0.6 is 31.9 Å². The van der Waals surface area contributed by atoms with Crippen LogP contribution in [0.15, 0.2) is 57.5 Å². The van der Waals surface area contributed by atoms with Gasteiger partial charge < -0.3 is 5.32 Å². The van der Waals surface area contributed by atoms with Crippen LogP contribution in [-0.4, -0.2) is 6.54 Å². The molecule has 1 N–H and O–H groups in total. The number of benzene rings is 2. The molecule has 0 saturated carbocycles. The van der Waals surface area contributed by atoms with Crippen molar-refractivity contribution in [2.24, 2.45) is 0 Å². The van der Waals surface area contributed by atoms with E-state index in [4.69, 9.17) is 0 Å². The molecule has 0 heterocycles. The lowest BCUT2D eigenvalue weighted by atomic mass is 10.1. The Morgan fingerprint density at radius 3 is 2.17 bits per heavy atom. The van der Waals surface area contributed by atoms with Gasteiger partial charge in [0.25, 0.3) is 0 Å². The number of anilines is 1. The van der Waals surface area contributed by atoms with Crippen molar-refractivity contribution in [1.82, 2.24) is 0 Å². The summed E-state index contributed by atoms with van der Waals surface area (Å²) in [5, 5.41) is 3.46. The van der Waals surface area contributed by atoms with E-state index in [9.17, 15) is 0 Å². The Bertz CT molecular complexity index is 477. The predicted octanol–water partition coefficient (Wildman–Crippen LogP) is 5.26. The Morgan fingerprint density at radius 1 is 0.833 bits per heavy atom. The van der Waals surface area contributed by atoms with E-state index in [1.54, 1.807) is 0 Å². The van der Waals surface area contributed by atoms with E-state index in [2.05, 4.69) is 67.5 Å². The summed E-state index contributed by atoms with van der Waals surface area (Å²) < 4.78 is 2.19. The van der Waals surface area contributed by atoms with Crippen LogP contribution in [0.1, 0.15) is 12.0 Å². The zero-order valence-corrected chi connectivity index (χ0v) is 13.2. The molecule has 0 atom stereocenters. The zero-order chi connectivity index (χ0) is 12.8. The van der Waals surface area contributed by atoms with Gasteiger partial charge in [-0.05, 0) is 62.4 Å². The quantitative estimate of drug-likeness (QED) is 0.710. The third-order valence-corrected chi connectivity index (χ3v) is 4.07. The Hall–Kier alpha value is -0.800. The molecule has 0 aliphatic rings. The molecule has 0 radical (unpaired) electrons. The Morgan fingerprint density at radius 2 is 1.50 bits per heavy atom. The maximum Gasteiger partial charge on any atom is 0.0628 e. The second-order valence-corrected chi connectivity index (χ2v) is 5.82. The van der Waals surface area contributed by atoms with Gasteiger partial charge >= 0.3 is 0 Å². The molecule has 3 heteroatoms. The fourth-order valence-corrected chi connectivity index (χ4v) is 3.10. The summed E-state index contributed by atoms with van der Waals surface area (Å²) >= 11 is 7.10. The number of aryl methyl sites for hydroxylation is 1. The van der Waals surface area contributed by atoms with E-state index in [1.165, 1.54) is 5.56 Å². The fraction of sp³-hybridized carbons (Fsp3) is 0.200. The minimum Gasteiger partial charge on any atom is -0.383 e. The summed E-state index contributed by atoms with van der Waals surface area (Å²) in [5.41, 5.74) is 2.52. The van der Waals surface area contributed by atoms with Gasteiger partial charge in [-0.3, -0.25) is 0 Å². The molecule has 2 aromatic carbocycles. The average Bonchev–Trinajstić information content (AvgIpc) is 2.38. The molecule has 2 aromatic rings. The van der Waals surface area contributed by atoms with E-state index in [0.717, 1.165) is 34.0 Å². The molecule has 0 bridgehead atoms. The van der Waals surface area contributed by atoms with E-state index < -0.39 is 0 Å². The normalized spacial score (nSPS) is 10.3. The van der Waals surface area contributed by atoms with Crippen LogP contribution in [0.2, 0.25) is 0 Å². The number of halogens is 2. The molecule has 2 rings (SSSR count). The molecule has 0 fully saturated rings. The van der Waals surface area contributed by atoms with Gasteiger partial charge in [-0.1, -0.05) is 36.4 Å². The van der Waals surface area contributed by atoms with Gasteiger partial charge in [-0.15, -0.1) is 0 Å². The first-order valence-electron chi connectivity index (χ1n) is 5.99. The van der Waals surface area contributed by atoms with E-state index in [-0.39, 0.29) is 0 Å². The summed E-state index contributed by atoms with van der Waals surface area (Å²) in [7, 11) is 0. The van der Waals surface area contributed by atoms with Gasteiger partial charge in [0.2, 0.25) is 0 Å². The standard InChI is InChI=1S/C15H15Br2N/c16-13-9-4-10-14(17)15(13)18-11-5-8-12-6-2-1-3-7-12/h1-4,6-7,9-10,18H,5,8,11H2. The van der Waals surface area contributed by atoms with Gasteiger partial charge in [-0.2, -0.15) is 0 Å². The highest BCUT2D eigenvalue weighted by Crippen LogP contribution is 2.30. The van der Waals surface area contributed by atoms with Crippen LogP contribution in [0, 0.1) is 0 Å². The van der Waals surface area contributed by atoms with E-state index in [1.807, 2.05) is 18.2 Å². The summed E-state index contributed by atoms with van der Waals surface area (Å²) in [5.74, 6) is 0. The summed E-state index contributed by atoms with van der Waals surface area (Å²) in [4.78, 5) is 0. The second kappa shape index (κ2) is 6.95. The van der Waals surface area contributed by atoms with Crippen molar-refractivity contribution in [3.8, 4) is 0 Å². The first-order chi connectivity index (χ1) is 8.77. The van der Waals surface area contributed by atoms with Gasteiger partial charge in [0.1, 0.15) is 0 Å². The molecule has 0 aliphatic carbocycles. The lowest BCUT2D eigenvalue weighted by Gasteiger charge is -2.10. The number of para-hydroxylation sites is 1. The van der Waals surface area contributed by atoms with Gasteiger partial charge in [0.05, 0.1) is 5.69 Å². The summed E-state index contributed by atoms with van der Waals surface area (Å²) in [6, 6.07) is 16.7. The highest BCUT2D eigenvalue weighted by molar-refractivity contribution is 9.11. The summed E-state index contributed by atoms with van der Waals surface area (Å²) in [6.45, 7) is 0.968. The van der Waals surface area contributed by atoms with Crippen molar-refractivity contribution in [3.05, 3.63) is 63.0 Å². The van der Waals surface area contributed by atoms with Gasteiger partial charge in [0.15, 0.2) is 0 Å². The predicted molar refractivity (Wildman–Crippen MR) is 85.1 cm³/mol. The van der Waals surface area contributed by atoms with Crippen LogP contribution in [0.3, 0.4) is 0 Å². The average molecular weight is 369 g/mol. The van der Waals surface area contributed by atoms with Crippen LogP contribution in [0.25, 0.3) is 0 Å². The topological polar surface area (TPSA) is 12.0 Å². The maximum atomic E-state index is 3.55. The van der Waals surface area contributed by atoms with Gasteiger partial charge in [-0.25, -0.2) is 0 Å². The molecule has 1 nitrogen and oxygen atoms in total. The Balaban J connectivity index is 1.82. The number of rotatable bonds is 5. The number of hydrogen-bond donors (Lipinski definition) is 1. The molecular formula is C15H15Br2N. The third kappa shape index (κ3) is 3.85. The van der Waals surface area contributed by atoms with Crippen LogP contribution in [0.4, 0.5) is 5.69 Å². The largest absolute Gasteiger partial charge is 0.383 e. The van der Waals surface area contributed by atoms with Crippen molar-refractivity contribution in [3.63, 3.8) is 0 Å². The van der Waals surface area contributed by atoms with Crippen molar-refractivity contribution >= 4 is 37.5 Å². The molecule has 0 spiro atoms. The zero-order valence-electron chi connectivity index (χ0n) is 10.00. The molecule has 0 saturated heterocycles. The first kappa shape index (κ1) is 13.6. The molecule has 0 aliphatic heterocycles. The molecule has 0 amide bonds. The lowest BCUT2D eigenvalue weighted by molar-refractivity contribution is 0.862. The molecular weight excluding hydrogens is 354 g/mol. The second-order valence-electron chi connectivity index (χ2n) is 4.11. The van der Waals surface area contributed by atoms with Crippen molar-refractivity contribution < 1.29 is 0 Å². The third-order valence-electron chi connectivity index (χ3n) is 2.75. The number of hydrogen-bond acceptors (Lipinski definition) is 1. The van der Waals surface area contributed by atoms with Gasteiger partial charge in [0, 0.05) is 15.5 Å². The Labute approximate surface area is 125 Å². The minimum absolute atomic E-state index is 0.968. The highest BCUT2D eigenvalue weighted by atomic mass is 79.9. The molecule has 18 heavy (non-hydrogen) atoms. The SMILES string of the molecule is Brc1cccc(Br)c1NCCCc1ccccc1. The smallest absolute Gasteiger partial charge is 0.0628 e. The maximum absolute atomic E-state index is 3.55. The Kier molecular flexibility index (Phi) is 5.26. The number of nitrogens with one attached hydrogen (secondary N) is 1. The highest BCUT2D eigenvalue weighted by Gasteiger charge is 2.02. The van der Waals surface area contributed by atoms with Crippen molar-refractivity contribution in [1.29, 1.82) is 0 Å². The van der Waals surface area contributed by atoms with Crippen LogP contribution in [0.5, 0.6) is 0 Å². The monoisotopic (exact) mass is 367 g/mol. The molecule has 0 aromatic heterocycles. The first-order valence-corrected chi connectivity index (χ1v) is 7.58. The van der Waals surface area contributed by atoms with Crippen LogP contribution < -0.4 is 5.32 Å².